The van der Waals surface area contributed by atoms with Gasteiger partial charge in [0.25, 0.3) is 0 Å². The summed E-state index contributed by atoms with van der Waals surface area (Å²) in [7, 11) is 0. The summed E-state index contributed by atoms with van der Waals surface area (Å²) in [5.41, 5.74) is 6.25. The Balaban J connectivity index is 2.29. The normalized spacial score (nSPS) is 10.7. The summed E-state index contributed by atoms with van der Waals surface area (Å²) in [6, 6.07) is 0. The molecule has 80 valence electrons. The number of hydrogen-bond donors (Lipinski definition) is 1. The highest BCUT2D eigenvalue weighted by molar-refractivity contribution is 7.09. The second-order valence-corrected chi connectivity index (χ2v) is 3.86. The van der Waals surface area contributed by atoms with E-state index >= 15 is 0 Å². The van der Waals surface area contributed by atoms with E-state index in [0.717, 1.165) is 11.5 Å². The predicted octanol–water partition coefficient (Wildman–Crippen LogP) is 0.152. The molecule has 0 aliphatic rings. The molecule has 0 saturated carbocycles. The number of nitrogen functional groups attached to an aromatic ring is 1. The molecule has 6 nitrogen and oxygen atoms in total. The van der Waals surface area contributed by atoms with Gasteiger partial charge >= 0.3 is 5.69 Å². The van der Waals surface area contributed by atoms with Crippen molar-refractivity contribution in [1.29, 1.82) is 0 Å². The van der Waals surface area contributed by atoms with Gasteiger partial charge in [0.1, 0.15) is 10.7 Å². The molecule has 2 aromatic heterocycles. The summed E-state index contributed by atoms with van der Waals surface area (Å²) in [6.45, 7) is 2.97. The standard InChI is InChI=1S/C8H11N5OS/c1-2-12-3-4-13(8(12)14)5-6-7(9)15-11-10-6/h3-4H,2,5,9H2,1H3. The van der Waals surface area contributed by atoms with Gasteiger partial charge in [-0.25, -0.2) is 4.79 Å². The van der Waals surface area contributed by atoms with E-state index in [-0.39, 0.29) is 5.69 Å². The summed E-state index contributed by atoms with van der Waals surface area (Å²) < 4.78 is 6.91. The van der Waals surface area contributed by atoms with Crippen LogP contribution in [0.4, 0.5) is 5.00 Å². The molecule has 0 atom stereocenters. The maximum Gasteiger partial charge on any atom is 0.328 e. The lowest BCUT2D eigenvalue weighted by atomic mass is 10.4. The van der Waals surface area contributed by atoms with Gasteiger partial charge in [-0.05, 0) is 6.92 Å². The van der Waals surface area contributed by atoms with Crippen molar-refractivity contribution in [2.24, 2.45) is 0 Å². The third kappa shape index (κ3) is 1.78. The van der Waals surface area contributed by atoms with Crippen LogP contribution in [0.15, 0.2) is 17.2 Å². The largest absolute Gasteiger partial charge is 0.388 e. The van der Waals surface area contributed by atoms with E-state index in [1.165, 1.54) is 0 Å². The maximum absolute atomic E-state index is 11.7. The van der Waals surface area contributed by atoms with Gasteiger partial charge in [0.2, 0.25) is 0 Å². The van der Waals surface area contributed by atoms with Gasteiger partial charge in [-0.1, -0.05) is 4.49 Å². The minimum Gasteiger partial charge on any atom is -0.388 e. The first-order chi connectivity index (χ1) is 7.22. The Morgan fingerprint density at radius 2 is 2.20 bits per heavy atom. The van der Waals surface area contributed by atoms with Gasteiger partial charge in [0, 0.05) is 30.5 Å². The molecular weight excluding hydrogens is 214 g/mol. The zero-order valence-electron chi connectivity index (χ0n) is 8.25. The van der Waals surface area contributed by atoms with Crippen LogP contribution < -0.4 is 11.4 Å². The molecular formula is C8H11N5OS. The van der Waals surface area contributed by atoms with Crippen LogP contribution in [-0.2, 0) is 13.1 Å². The number of nitrogens with zero attached hydrogens (tertiary/aromatic N) is 4. The highest BCUT2D eigenvalue weighted by Gasteiger charge is 2.07. The first-order valence-corrected chi connectivity index (χ1v) is 5.32. The Kier molecular flexibility index (Phi) is 2.55. The van der Waals surface area contributed by atoms with E-state index in [2.05, 4.69) is 9.59 Å². The lowest BCUT2D eigenvalue weighted by Gasteiger charge is -1.98. The summed E-state index contributed by atoms with van der Waals surface area (Å²) in [5, 5.41) is 4.42. The number of nitrogens with two attached hydrogens (primary N) is 1. The fraction of sp³-hybridized carbons (Fsp3) is 0.375. The van der Waals surface area contributed by atoms with Crippen molar-refractivity contribution in [3.05, 3.63) is 28.6 Å². The molecule has 0 aromatic carbocycles. The molecule has 0 spiro atoms. The van der Waals surface area contributed by atoms with E-state index in [9.17, 15) is 4.79 Å². The van der Waals surface area contributed by atoms with Crippen LogP contribution in [0.2, 0.25) is 0 Å². The van der Waals surface area contributed by atoms with Crippen LogP contribution in [0.25, 0.3) is 0 Å². The van der Waals surface area contributed by atoms with Crippen molar-refractivity contribution in [3.63, 3.8) is 0 Å². The molecule has 0 amide bonds. The molecule has 2 aromatic rings. The Labute approximate surface area is 90.1 Å². The molecule has 2 heterocycles. The molecule has 2 N–H and O–H groups in total. The second kappa shape index (κ2) is 3.85. The monoisotopic (exact) mass is 225 g/mol. The number of aryl methyl sites for hydroxylation is 1. The molecule has 15 heavy (non-hydrogen) atoms. The van der Waals surface area contributed by atoms with Gasteiger partial charge in [-0.3, -0.25) is 9.13 Å². The van der Waals surface area contributed by atoms with E-state index < -0.39 is 0 Å². The van der Waals surface area contributed by atoms with Crippen LogP contribution >= 0.6 is 11.5 Å². The minimum absolute atomic E-state index is 0.0510. The van der Waals surface area contributed by atoms with Crippen molar-refractivity contribution < 1.29 is 0 Å². The summed E-state index contributed by atoms with van der Waals surface area (Å²) in [5.74, 6) is 0. The predicted molar refractivity (Wildman–Crippen MR) is 57.8 cm³/mol. The molecule has 0 aliphatic heterocycles. The smallest absolute Gasteiger partial charge is 0.328 e. The van der Waals surface area contributed by atoms with Gasteiger partial charge in [0.05, 0.1) is 6.54 Å². The fourth-order valence-corrected chi connectivity index (χ4v) is 1.74. The van der Waals surface area contributed by atoms with Crippen molar-refractivity contribution in [2.45, 2.75) is 20.0 Å². The lowest BCUT2D eigenvalue weighted by Crippen LogP contribution is -2.24. The van der Waals surface area contributed by atoms with Crippen molar-refractivity contribution >= 4 is 16.5 Å². The third-order valence-electron chi connectivity index (χ3n) is 2.16. The average molecular weight is 225 g/mol. The average Bonchev–Trinajstić information content (AvgIpc) is 2.77. The molecule has 0 aliphatic carbocycles. The Hall–Kier alpha value is -1.63. The number of imidazole rings is 1. The quantitative estimate of drug-likeness (QED) is 0.806. The Bertz CT molecular complexity index is 511. The van der Waals surface area contributed by atoms with Crippen LogP contribution in [0, 0.1) is 0 Å². The fourth-order valence-electron chi connectivity index (χ4n) is 1.30. The zero-order valence-corrected chi connectivity index (χ0v) is 9.07. The number of aromatic nitrogens is 4. The first kappa shape index (κ1) is 9.91. The van der Waals surface area contributed by atoms with Crippen LogP contribution in [-0.4, -0.2) is 18.7 Å². The second-order valence-electron chi connectivity index (χ2n) is 3.08. The summed E-state index contributed by atoms with van der Waals surface area (Å²) in [4.78, 5) is 11.7. The number of hydrogen-bond acceptors (Lipinski definition) is 5. The molecule has 0 saturated heterocycles. The highest BCUT2D eigenvalue weighted by atomic mass is 32.1. The van der Waals surface area contributed by atoms with Gasteiger partial charge in [0.15, 0.2) is 0 Å². The lowest BCUT2D eigenvalue weighted by molar-refractivity contribution is 0.661. The first-order valence-electron chi connectivity index (χ1n) is 4.54. The maximum atomic E-state index is 11.7. The highest BCUT2D eigenvalue weighted by Crippen LogP contribution is 2.12. The Morgan fingerprint density at radius 1 is 1.47 bits per heavy atom. The molecule has 0 fully saturated rings. The van der Waals surface area contributed by atoms with Crippen molar-refractivity contribution in [1.82, 2.24) is 18.7 Å². The van der Waals surface area contributed by atoms with Gasteiger partial charge in [-0.15, -0.1) is 5.10 Å². The van der Waals surface area contributed by atoms with E-state index in [1.54, 1.807) is 21.5 Å². The zero-order chi connectivity index (χ0) is 10.8. The molecule has 7 heteroatoms. The van der Waals surface area contributed by atoms with Gasteiger partial charge < -0.3 is 5.73 Å². The topological polar surface area (TPSA) is 78.7 Å². The number of rotatable bonds is 3. The molecule has 0 bridgehead atoms. The van der Waals surface area contributed by atoms with E-state index in [4.69, 9.17) is 5.73 Å². The van der Waals surface area contributed by atoms with Crippen LogP contribution in [0.3, 0.4) is 0 Å². The van der Waals surface area contributed by atoms with Crippen LogP contribution in [0.1, 0.15) is 12.6 Å². The molecule has 0 radical (unpaired) electrons. The number of anilines is 1. The third-order valence-corrected chi connectivity index (χ3v) is 2.76. The van der Waals surface area contributed by atoms with Crippen molar-refractivity contribution in [3.8, 4) is 0 Å². The molecule has 2 rings (SSSR count). The van der Waals surface area contributed by atoms with Crippen molar-refractivity contribution in [2.75, 3.05) is 5.73 Å². The Morgan fingerprint density at radius 3 is 2.73 bits per heavy atom. The SMILES string of the molecule is CCn1ccn(Cc2nnsc2N)c1=O. The minimum atomic E-state index is -0.0510. The molecule has 0 unspecified atom stereocenters. The summed E-state index contributed by atoms with van der Waals surface area (Å²) in [6.07, 6.45) is 3.48. The van der Waals surface area contributed by atoms with E-state index in [0.29, 0.717) is 23.8 Å². The van der Waals surface area contributed by atoms with Crippen LogP contribution in [0.5, 0.6) is 0 Å². The van der Waals surface area contributed by atoms with Gasteiger partial charge in [-0.2, -0.15) is 0 Å². The van der Waals surface area contributed by atoms with E-state index in [1.807, 2.05) is 6.92 Å². The summed E-state index contributed by atoms with van der Waals surface area (Å²) >= 11 is 1.14.